The Hall–Kier alpha value is -1.62. The zero-order valence-electron chi connectivity index (χ0n) is 8.95. The van der Waals surface area contributed by atoms with Crippen LogP contribution in [0.1, 0.15) is 0 Å². The van der Waals surface area contributed by atoms with Crippen LogP contribution < -0.4 is 5.32 Å². The number of rotatable bonds is 3. The molecule has 0 spiro atoms. The predicted molar refractivity (Wildman–Crippen MR) is 76.5 cm³/mol. The van der Waals surface area contributed by atoms with E-state index in [-0.39, 0.29) is 0 Å². The standard InChI is InChI=1S/C11H6N4S3/c12-6-17-9-5-14-11(18-9)15-10-7-2-4-16-8(7)1-3-13-10/h1-5H,(H,13,14,15). The van der Waals surface area contributed by atoms with E-state index in [9.17, 15) is 0 Å². The second-order valence-electron chi connectivity index (χ2n) is 3.29. The molecule has 0 bridgehead atoms. The SMILES string of the molecule is N#CSc1cnc(Nc2nccc3sccc23)s1. The summed E-state index contributed by atoms with van der Waals surface area (Å²) in [5.41, 5.74) is 0. The highest BCUT2D eigenvalue weighted by Gasteiger charge is 2.07. The molecule has 3 aromatic rings. The Morgan fingerprint density at radius 1 is 1.33 bits per heavy atom. The molecule has 0 aliphatic carbocycles. The molecular formula is C11H6N4S3. The van der Waals surface area contributed by atoms with Crippen molar-refractivity contribution in [3.8, 4) is 5.40 Å². The zero-order valence-corrected chi connectivity index (χ0v) is 11.4. The van der Waals surface area contributed by atoms with Crippen molar-refractivity contribution in [2.45, 2.75) is 4.21 Å². The fourth-order valence-electron chi connectivity index (χ4n) is 1.50. The van der Waals surface area contributed by atoms with E-state index in [1.165, 1.54) is 16.0 Å². The lowest BCUT2D eigenvalue weighted by atomic mass is 10.3. The number of aromatic nitrogens is 2. The van der Waals surface area contributed by atoms with Gasteiger partial charge in [0.25, 0.3) is 0 Å². The van der Waals surface area contributed by atoms with Gasteiger partial charge in [-0.25, -0.2) is 9.97 Å². The number of nitriles is 1. The molecule has 0 saturated carbocycles. The second-order valence-corrected chi connectivity index (χ2v) is 6.36. The first kappa shape index (κ1) is 11.5. The number of thiocyanates is 1. The maximum atomic E-state index is 8.59. The first-order valence-electron chi connectivity index (χ1n) is 4.98. The van der Waals surface area contributed by atoms with Gasteiger partial charge in [-0.3, -0.25) is 0 Å². The number of thiazole rings is 1. The molecule has 0 aromatic carbocycles. The third-order valence-electron chi connectivity index (χ3n) is 2.24. The fourth-order valence-corrected chi connectivity index (χ4v) is 3.55. The Morgan fingerprint density at radius 2 is 2.28 bits per heavy atom. The van der Waals surface area contributed by atoms with Crippen molar-refractivity contribution in [2.24, 2.45) is 0 Å². The van der Waals surface area contributed by atoms with Crippen molar-refractivity contribution in [3.05, 3.63) is 29.9 Å². The van der Waals surface area contributed by atoms with Crippen LogP contribution in [0.3, 0.4) is 0 Å². The number of hydrogen-bond acceptors (Lipinski definition) is 7. The van der Waals surface area contributed by atoms with Crippen LogP contribution in [0.4, 0.5) is 10.9 Å². The highest BCUT2D eigenvalue weighted by atomic mass is 32.2. The summed E-state index contributed by atoms with van der Waals surface area (Å²) >= 11 is 4.24. The van der Waals surface area contributed by atoms with Crippen LogP contribution in [0.5, 0.6) is 0 Å². The fraction of sp³-hybridized carbons (Fsp3) is 0. The average molecular weight is 290 g/mol. The molecule has 0 fully saturated rings. The van der Waals surface area contributed by atoms with Gasteiger partial charge < -0.3 is 5.32 Å². The molecule has 4 nitrogen and oxygen atoms in total. The zero-order chi connectivity index (χ0) is 12.4. The molecule has 3 aromatic heterocycles. The molecule has 0 radical (unpaired) electrons. The van der Waals surface area contributed by atoms with Gasteiger partial charge >= 0.3 is 0 Å². The van der Waals surface area contributed by atoms with Crippen LogP contribution in [0, 0.1) is 10.7 Å². The third-order valence-corrected chi connectivity index (χ3v) is 4.72. The molecule has 0 atom stereocenters. The highest BCUT2D eigenvalue weighted by Crippen LogP contribution is 2.32. The maximum absolute atomic E-state index is 8.59. The lowest BCUT2D eigenvalue weighted by molar-refractivity contribution is 1.30. The molecule has 0 unspecified atom stereocenters. The van der Waals surface area contributed by atoms with Crippen LogP contribution in [-0.2, 0) is 0 Å². The first-order valence-corrected chi connectivity index (χ1v) is 7.49. The van der Waals surface area contributed by atoms with Crippen LogP contribution in [-0.4, -0.2) is 9.97 Å². The van der Waals surface area contributed by atoms with Gasteiger partial charge in [-0.15, -0.1) is 11.3 Å². The van der Waals surface area contributed by atoms with Gasteiger partial charge in [-0.2, -0.15) is 5.26 Å². The van der Waals surface area contributed by atoms with E-state index in [0.29, 0.717) is 0 Å². The molecule has 18 heavy (non-hydrogen) atoms. The van der Waals surface area contributed by atoms with Gasteiger partial charge in [0, 0.05) is 28.0 Å². The summed E-state index contributed by atoms with van der Waals surface area (Å²) in [5, 5.41) is 17.7. The van der Waals surface area contributed by atoms with Crippen LogP contribution in [0.15, 0.2) is 34.1 Å². The number of anilines is 2. The molecule has 3 rings (SSSR count). The van der Waals surface area contributed by atoms with Gasteiger partial charge in [0.15, 0.2) is 5.13 Å². The Morgan fingerprint density at radius 3 is 3.17 bits per heavy atom. The predicted octanol–water partition coefficient (Wildman–Crippen LogP) is 4.07. The number of nitrogens with one attached hydrogen (secondary N) is 1. The Balaban J connectivity index is 1.91. The van der Waals surface area contributed by atoms with Gasteiger partial charge in [0.05, 0.1) is 10.4 Å². The quantitative estimate of drug-likeness (QED) is 0.582. The summed E-state index contributed by atoms with van der Waals surface area (Å²) in [5.74, 6) is 0.802. The van der Waals surface area contributed by atoms with Gasteiger partial charge in [0.1, 0.15) is 11.2 Å². The lowest BCUT2D eigenvalue weighted by Crippen LogP contribution is -1.92. The first-order chi connectivity index (χ1) is 8.86. The summed E-state index contributed by atoms with van der Waals surface area (Å²) in [4.78, 5) is 8.54. The number of nitrogens with zero attached hydrogens (tertiary/aromatic N) is 3. The number of fused-ring (bicyclic) bond motifs is 1. The molecule has 3 heterocycles. The third kappa shape index (κ3) is 2.18. The number of thioether (sulfide) groups is 1. The Kier molecular flexibility index (Phi) is 3.15. The second kappa shape index (κ2) is 4.94. The van der Waals surface area contributed by atoms with Crippen LogP contribution in [0.2, 0.25) is 0 Å². The minimum absolute atomic E-state index is 0.749. The number of pyridine rings is 1. The summed E-state index contributed by atoms with van der Waals surface area (Å²) in [6.07, 6.45) is 3.47. The minimum Gasteiger partial charge on any atom is -0.316 e. The summed E-state index contributed by atoms with van der Waals surface area (Å²) in [6, 6.07) is 4.03. The van der Waals surface area contributed by atoms with Crippen molar-refractivity contribution in [1.29, 1.82) is 5.26 Å². The lowest BCUT2D eigenvalue weighted by Gasteiger charge is -2.02. The largest absolute Gasteiger partial charge is 0.316 e. The molecular weight excluding hydrogens is 284 g/mol. The van der Waals surface area contributed by atoms with Crippen LogP contribution >= 0.6 is 34.4 Å². The van der Waals surface area contributed by atoms with Crippen molar-refractivity contribution >= 4 is 55.5 Å². The van der Waals surface area contributed by atoms with E-state index >= 15 is 0 Å². The summed E-state index contributed by atoms with van der Waals surface area (Å²) in [7, 11) is 0. The van der Waals surface area contributed by atoms with E-state index in [2.05, 4.69) is 15.3 Å². The van der Waals surface area contributed by atoms with E-state index in [0.717, 1.165) is 32.3 Å². The van der Waals surface area contributed by atoms with Crippen molar-refractivity contribution in [1.82, 2.24) is 9.97 Å². The average Bonchev–Trinajstić information content (AvgIpc) is 2.99. The Bertz CT molecular complexity index is 725. The molecule has 0 amide bonds. The van der Waals surface area contributed by atoms with Gasteiger partial charge in [-0.1, -0.05) is 11.3 Å². The Labute approximate surface area is 115 Å². The van der Waals surface area contributed by atoms with Crippen molar-refractivity contribution < 1.29 is 0 Å². The van der Waals surface area contributed by atoms with E-state index in [1.54, 1.807) is 23.7 Å². The van der Waals surface area contributed by atoms with Gasteiger partial charge in [0.2, 0.25) is 0 Å². The summed E-state index contributed by atoms with van der Waals surface area (Å²) < 4.78 is 2.06. The normalized spacial score (nSPS) is 10.4. The molecule has 0 aliphatic heterocycles. The maximum Gasteiger partial charge on any atom is 0.189 e. The topological polar surface area (TPSA) is 61.6 Å². The molecule has 7 heteroatoms. The number of thiophene rings is 1. The molecule has 0 aliphatic rings. The van der Waals surface area contributed by atoms with E-state index < -0.39 is 0 Å². The monoisotopic (exact) mass is 290 g/mol. The highest BCUT2D eigenvalue weighted by molar-refractivity contribution is 8.05. The van der Waals surface area contributed by atoms with Crippen molar-refractivity contribution in [3.63, 3.8) is 0 Å². The van der Waals surface area contributed by atoms with E-state index in [4.69, 9.17) is 5.26 Å². The smallest absolute Gasteiger partial charge is 0.189 e. The number of hydrogen-bond donors (Lipinski definition) is 1. The molecule has 0 saturated heterocycles. The van der Waals surface area contributed by atoms with Crippen LogP contribution in [0.25, 0.3) is 10.1 Å². The molecule has 88 valence electrons. The summed E-state index contributed by atoms with van der Waals surface area (Å²) in [6.45, 7) is 0. The minimum atomic E-state index is 0.749. The van der Waals surface area contributed by atoms with Crippen molar-refractivity contribution in [2.75, 3.05) is 5.32 Å². The van der Waals surface area contributed by atoms with E-state index in [1.807, 2.05) is 22.9 Å². The van der Waals surface area contributed by atoms with Gasteiger partial charge in [-0.05, 0) is 17.5 Å². The molecule has 1 N–H and O–H groups in total.